The minimum Gasteiger partial charge on any atom is -0.383 e. The molecule has 4 nitrogen and oxygen atoms in total. The molecule has 0 amide bonds. The quantitative estimate of drug-likeness (QED) is 0.842. The van der Waals surface area contributed by atoms with Gasteiger partial charge < -0.3 is 10.5 Å². The third kappa shape index (κ3) is 3.03. The predicted molar refractivity (Wildman–Crippen MR) is 83.8 cm³/mol. The molecule has 0 saturated heterocycles. The summed E-state index contributed by atoms with van der Waals surface area (Å²) in [6, 6.07) is 9.90. The number of nitrogens with two attached hydrogens (primary N) is 1. The van der Waals surface area contributed by atoms with E-state index in [4.69, 9.17) is 10.5 Å². The number of methoxy groups -OCH3 is 1. The van der Waals surface area contributed by atoms with Crippen molar-refractivity contribution in [2.75, 3.05) is 12.8 Å². The summed E-state index contributed by atoms with van der Waals surface area (Å²) < 4.78 is 6.46. The Morgan fingerprint density at radius 3 is 2.53 bits per heavy atom. The number of nitrogen functional groups attached to an aromatic ring is 1. The van der Waals surface area contributed by atoms with Gasteiger partial charge in [0, 0.05) is 7.11 Å². The molecule has 1 aromatic heterocycles. The van der Waals surface area contributed by atoms with E-state index in [9.17, 15) is 0 Å². The van der Waals surface area contributed by atoms with Crippen molar-refractivity contribution in [1.29, 1.82) is 0 Å². The van der Waals surface area contributed by atoms with Crippen molar-refractivity contribution in [1.82, 2.24) is 9.97 Å². The van der Waals surface area contributed by atoms with E-state index in [0.29, 0.717) is 11.6 Å². The van der Waals surface area contributed by atoms with Crippen LogP contribution in [0.25, 0.3) is 0 Å². The number of rotatable bonds is 4. The van der Waals surface area contributed by atoms with Crippen LogP contribution < -0.4 is 5.73 Å². The highest BCUT2D eigenvalue weighted by molar-refractivity contribution is 14.1. The summed E-state index contributed by atoms with van der Waals surface area (Å²) in [6.45, 7) is 2.05. The molecule has 5 heteroatoms. The molecule has 0 fully saturated rings. The van der Waals surface area contributed by atoms with E-state index in [2.05, 4.69) is 39.5 Å². The monoisotopic (exact) mass is 369 g/mol. The lowest BCUT2D eigenvalue weighted by Gasteiger charge is -2.16. The van der Waals surface area contributed by atoms with Crippen LogP contribution in [0.4, 0.5) is 5.82 Å². The zero-order chi connectivity index (χ0) is 13.8. The first-order valence-corrected chi connectivity index (χ1v) is 7.14. The summed E-state index contributed by atoms with van der Waals surface area (Å²) in [5, 5.41) is 0. The summed E-state index contributed by atoms with van der Waals surface area (Å²) >= 11 is 2.18. The number of ether oxygens (including phenoxy) is 1. The average Bonchev–Trinajstić information content (AvgIpc) is 2.44. The van der Waals surface area contributed by atoms with E-state index < -0.39 is 0 Å². The van der Waals surface area contributed by atoms with E-state index in [-0.39, 0.29) is 6.10 Å². The second kappa shape index (κ2) is 6.29. The van der Waals surface area contributed by atoms with E-state index in [1.54, 1.807) is 7.11 Å². The summed E-state index contributed by atoms with van der Waals surface area (Å²) in [7, 11) is 1.65. The zero-order valence-corrected chi connectivity index (χ0v) is 13.1. The standard InChI is InChI=1S/C14H16IN3O/c1-3-10-11(15)13(16)18-14(17-10)12(19-2)9-7-5-4-6-8-9/h4-8,12H,3H2,1-2H3,(H2,16,17,18). The Morgan fingerprint density at radius 1 is 1.26 bits per heavy atom. The lowest BCUT2D eigenvalue weighted by Crippen LogP contribution is -2.13. The van der Waals surface area contributed by atoms with Crippen molar-refractivity contribution in [3.63, 3.8) is 0 Å². The van der Waals surface area contributed by atoms with Crippen molar-refractivity contribution in [2.24, 2.45) is 0 Å². The average molecular weight is 369 g/mol. The van der Waals surface area contributed by atoms with Crippen molar-refractivity contribution < 1.29 is 4.74 Å². The van der Waals surface area contributed by atoms with Gasteiger partial charge in [0.1, 0.15) is 11.9 Å². The number of halogens is 1. The Morgan fingerprint density at radius 2 is 1.95 bits per heavy atom. The summed E-state index contributed by atoms with van der Waals surface area (Å²) in [5.41, 5.74) is 7.93. The molecule has 0 bridgehead atoms. The molecule has 2 rings (SSSR count). The molecule has 100 valence electrons. The molecule has 1 atom stereocenters. The molecule has 0 spiro atoms. The van der Waals surface area contributed by atoms with Gasteiger partial charge in [0.05, 0.1) is 9.26 Å². The van der Waals surface area contributed by atoms with Crippen molar-refractivity contribution >= 4 is 28.4 Å². The van der Waals surface area contributed by atoms with Gasteiger partial charge in [-0.3, -0.25) is 0 Å². The molecule has 0 saturated carbocycles. The van der Waals surface area contributed by atoms with Crippen molar-refractivity contribution in [2.45, 2.75) is 19.4 Å². The SMILES string of the molecule is CCc1nc(C(OC)c2ccccc2)nc(N)c1I. The van der Waals surface area contributed by atoms with Crippen LogP contribution in [0.3, 0.4) is 0 Å². The van der Waals surface area contributed by atoms with Gasteiger partial charge in [-0.25, -0.2) is 9.97 Å². The first-order valence-electron chi connectivity index (χ1n) is 6.06. The molecule has 0 radical (unpaired) electrons. The topological polar surface area (TPSA) is 61.0 Å². The maximum Gasteiger partial charge on any atom is 0.164 e. The first kappa shape index (κ1) is 14.2. The number of benzene rings is 1. The molecule has 2 aromatic rings. The first-order chi connectivity index (χ1) is 9.17. The Hall–Kier alpha value is -1.21. The van der Waals surface area contributed by atoms with Crippen molar-refractivity contribution in [3.8, 4) is 0 Å². The van der Waals surface area contributed by atoms with Gasteiger partial charge >= 0.3 is 0 Å². The van der Waals surface area contributed by atoms with Crippen LogP contribution >= 0.6 is 22.6 Å². The Labute approximate surface area is 126 Å². The smallest absolute Gasteiger partial charge is 0.164 e. The van der Waals surface area contributed by atoms with Gasteiger partial charge in [0.15, 0.2) is 5.82 Å². The second-order valence-corrected chi connectivity index (χ2v) is 5.19. The Bertz CT molecular complexity index is 560. The third-order valence-corrected chi connectivity index (χ3v) is 4.05. The number of hydrogen-bond donors (Lipinski definition) is 1. The van der Waals surface area contributed by atoms with Gasteiger partial charge in [-0.15, -0.1) is 0 Å². The van der Waals surface area contributed by atoms with Crippen LogP contribution in [0, 0.1) is 3.57 Å². The fraction of sp³-hybridized carbons (Fsp3) is 0.286. The number of anilines is 1. The number of aromatic nitrogens is 2. The Kier molecular flexibility index (Phi) is 4.71. The van der Waals surface area contributed by atoms with Crippen LogP contribution in [-0.2, 0) is 11.2 Å². The molecule has 1 unspecified atom stereocenters. The highest BCUT2D eigenvalue weighted by Crippen LogP contribution is 2.25. The number of nitrogens with zero attached hydrogens (tertiary/aromatic N) is 2. The van der Waals surface area contributed by atoms with E-state index in [1.165, 1.54) is 0 Å². The maximum absolute atomic E-state index is 5.95. The molecule has 1 aromatic carbocycles. The van der Waals surface area contributed by atoms with Crippen LogP contribution in [0.2, 0.25) is 0 Å². The van der Waals surface area contributed by atoms with Gasteiger partial charge in [0.25, 0.3) is 0 Å². The van der Waals surface area contributed by atoms with Gasteiger partial charge in [-0.2, -0.15) is 0 Å². The van der Waals surface area contributed by atoms with Gasteiger partial charge in [0.2, 0.25) is 0 Å². The summed E-state index contributed by atoms with van der Waals surface area (Å²) in [5.74, 6) is 1.13. The minimum atomic E-state index is -0.286. The van der Waals surface area contributed by atoms with Crippen LogP contribution in [0.1, 0.15) is 30.1 Å². The maximum atomic E-state index is 5.95. The van der Waals surface area contributed by atoms with Crippen LogP contribution in [-0.4, -0.2) is 17.1 Å². The third-order valence-electron chi connectivity index (χ3n) is 2.87. The lowest BCUT2D eigenvalue weighted by molar-refractivity contribution is 0.129. The number of aryl methyl sites for hydroxylation is 1. The normalized spacial score (nSPS) is 12.4. The number of hydrogen-bond acceptors (Lipinski definition) is 4. The zero-order valence-electron chi connectivity index (χ0n) is 10.9. The summed E-state index contributed by atoms with van der Waals surface area (Å²) in [6.07, 6.45) is 0.536. The lowest BCUT2D eigenvalue weighted by atomic mass is 10.1. The molecule has 19 heavy (non-hydrogen) atoms. The molecular formula is C14H16IN3O. The molecule has 0 aliphatic rings. The highest BCUT2D eigenvalue weighted by atomic mass is 127. The largest absolute Gasteiger partial charge is 0.383 e. The van der Waals surface area contributed by atoms with Crippen molar-refractivity contribution in [3.05, 3.63) is 51.0 Å². The highest BCUT2D eigenvalue weighted by Gasteiger charge is 2.19. The minimum absolute atomic E-state index is 0.286. The molecule has 0 aliphatic carbocycles. The molecular weight excluding hydrogens is 353 g/mol. The molecule has 0 aliphatic heterocycles. The van der Waals surface area contributed by atoms with Gasteiger partial charge in [-0.1, -0.05) is 37.3 Å². The van der Waals surface area contributed by atoms with Gasteiger partial charge in [-0.05, 0) is 34.6 Å². The summed E-state index contributed by atoms with van der Waals surface area (Å²) in [4.78, 5) is 8.94. The Balaban J connectivity index is 2.47. The molecule has 2 N–H and O–H groups in total. The van der Waals surface area contributed by atoms with E-state index in [1.807, 2.05) is 30.3 Å². The van der Waals surface area contributed by atoms with E-state index in [0.717, 1.165) is 21.2 Å². The van der Waals surface area contributed by atoms with Crippen LogP contribution in [0.15, 0.2) is 30.3 Å². The van der Waals surface area contributed by atoms with E-state index >= 15 is 0 Å². The second-order valence-electron chi connectivity index (χ2n) is 4.11. The fourth-order valence-electron chi connectivity index (χ4n) is 1.90. The molecule has 1 heterocycles. The predicted octanol–water partition coefficient (Wildman–Crippen LogP) is 2.96. The fourth-order valence-corrected chi connectivity index (χ4v) is 2.53. The van der Waals surface area contributed by atoms with Crippen LogP contribution in [0.5, 0.6) is 0 Å².